The summed E-state index contributed by atoms with van der Waals surface area (Å²) in [6, 6.07) is 22.4. The van der Waals surface area contributed by atoms with Gasteiger partial charge in [0, 0.05) is 18.8 Å². The minimum absolute atomic E-state index is 0.0194. The fourth-order valence-electron chi connectivity index (χ4n) is 6.30. The summed E-state index contributed by atoms with van der Waals surface area (Å²) in [5, 5.41) is 5.37. The van der Waals surface area contributed by atoms with Crippen LogP contribution in [0.2, 0.25) is 10.0 Å². The molecule has 0 unspecified atom stereocenters. The number of benzene rings is 4. The molecule has 258 valence electrons. The van der Waals surface area contributed by atoms with E-state index in [4.69, 9.17) is 28.9 Å². The molecule has 0 bridgehead atoms. The van der Waals surface area contributed by atoms with E-state index in [0.29, 0.717) is 24.1 Å². The van der Waals surface area contributed by atoms with E-state index in [1.54, 1.807) is 0 Å². The van der Waals surface area contributed by atoms with E-state index in [0.717, 1.165) is 41.0 Å². The first kappa shape index (κ1) is 36.5. The predicted octanol–water partition coefficient (Wildman–Crippen LogP) is 5.40. The maximum Gasteiger partial charge on any atom is 0.288 e. The Balaban J connectivity index is 0.000000194. The lowest BCUT2D eigenvalue weighted by molar-refractivity contribution is -0.138. The zero-order chi connectivity index (χ0) is 35.9. The molecule has 2 aliphatic rings. The number of hydrogen-bond acceptors (Lipinski definition) is 6. The van der Waals surface area contributed by atoms with Crippen LogP contribution in [0.25, 0.3) is 0 Å². The number of nitrogens with two attached hydrogens (primary N) is 1. The highest BCUT2D eigenvalue weighted by atomic mass is 35.5. The van der Waals surface area contributed by atoms with Gasteiger partial charge in [0.25, 0.3) is 11.8 Å². The Labute approximate surface area is 297 Å². The van der Waals surface area contributed by atoms with Crippen molar-refractivity contribution in [2.24, 2.45) is 17.6 Å². The highest BCUT2D eigenvalue weighted by molar-refractivity contribution is 6.37. The minimum Gasteiger partial charge on any atom is -0.342 e. The predicted molar refractivity (Wildman–Crippen MR) is 184 cm³/mol. The molecule has 0 fully saturated rings. The zero-order valence-electron chi connectivity index (χ0n) is 26.6. The topological polar surface area (TPSA) is 135 Å². The first-order chi connectivity index (χ1) is 24.0. The first-order valence-electron chi connectivity index (χ1n) is 15.8. The molecule has 4 aromatic carbocycles. The normalized spacial score (nSPS) is 18.6. The molecule has 0 radical (unpaired) electrons. The van der Waals surface area contributed by atoms with Crippen molar-refractivity contribution in [2.45, 2.75) is 37.8 Å². The van der Waals surface area contributed by atoms with Crippen molar-refractivity contribution in [1.82, 2.24) is 10.6 Å². The van der Waals surface area contributed by atoms with Gasteiger partial charge in [0.15, 0.2) is 0 Å². The maximum atomic E-state index is 13.5. The molecule has 0 aliphatic heterocycles. The summed E-state index contributed by atoms with van der Waals surface area (Å²) in [6.45, 7) is 0.413. The van der Waals surface area contributed by atoms with Crippen LogP contribution in [0.3, 0.4) is 0 Å². The van der Waals surface area contributed by atoms with Crippen molar-refractivity contribution in [3.8, 4) is 0 Å². The third kappa shape index (κ3) is 8.50. The summed E-state index contributed by atoms with van der Waals surface area (Å²) < 4.78 is 26.9. The number of ketones is 2. The smallest absolute Gasteiger partial charge is 0.288 e. The second kappa shape index (κ2) is 16.3. The first-order valence-corrected chi connectivity index (χ1v) is 16.6. The van der Waals surface area contributed by atoms with Gasteiger partial charge in [-0.1, -0.05) is 83.9 Å². The summed E-state index contributed by atoms with van der Waals surface area (Å²) in [6.07, 6.45) is 1.68. The highest BCUT2D eigenvalue weighted by Crippen LogP contribution is 2.36. The third-order valence-electron chi connectivity index (χ3n) is 8.87. The number of hydrogen-bond donors (Lipinski definition) is 3. The van der Waals surface area contributed by atoms with Crippen LogP contribution in [0.1, 0.15) is 45.5 Å². The van der Waals surface area contributed by atoms with Crippen molar-refractivity contribution in [2.75, 3.05) is 6.54 Å². The van der Waals surface area contributed by atoms with Gasteiger partial charge in [-0.05, 0) is 83.0 Å². The molecule has 4 aromatic rings. The summed E-state index contributed by atoms with van der Waals surface area (Å²) >= 11 is 11.2. The minimum atomic E-state index is -0.788. The molecule has 0 spiro atoms. The van der Waals surface area contributed by atoms with Crippen LogP contribution in [-0.4, -0.2) is 36.2 Å². The van der Waals surface area contributed by atoms with Crippen molar-refractivity contribution >= 4 is 52.9 Å². The lowest BCUT2D eigenvalue weighted by atomic mass is 10.00. The van der Waals surface area contributed by atoms with Crippen LogP contribution in [0.5, 0.6) is 0 Å². The summed E-state index contributed by atoms with van der Waals surface area (Å²) in [5.74, 6) is -4.39. The largest absolute Gasteiger partial charge is 0.342 e. The van der Waals surface area contributed by atoms with E-state index in [2.05, 4.69) is 10.6 Å². The van der Waals surface area contributed by atoms with Crippen LogP contribution in [-0.2, 0) is 49.7 Å². The Morgan fingerprint density at radius 2 is 1.16 bits per heavy atom. The average Bonchev–Trinajstić information content (AvgIpc) is 3.65. The Hall–Kier alpha value is -4.77. The average molecular weight is 721 g/mol. The molecular formula is C38H33Cl2F2N3O5. The number of fused-ring (bicyclic) bond motifs is 2. The van der Waals surface area contributed by atoms with Gasteiger partial charge in [-0.15, -0.1) is 0 Å². The van der Waals surface area contributed by atoms with E-state index in [1.807, 2.05) is 48.5 Å². The Bertz CT molecular complexity index is 1960. The van der Waals surface area contributed by atoms with E-state index in [1.165, 1.54) is 30.3 Å². The van der Waals surface area contributed by atoms with Crippen LogP contribution in [0.15, 0.2) is 84.9 Å². The molecule has 6 rings (SSSR count). The lowest BCUT2D eigenvalue weighted by Gasteiger charge is -2.20. The molecule has 8 nitrogen and oxygen atoms in total. The number of carbonyl (C=O) groups excluding carboxylic acids is 5. The monoisotopic (exact) mass is 719 g/mol. The van der Waals surface area contributed by atoms with Crippen LogP contribution < -0.4 is 16.4 Å². The molecule has 0 saturated heterocycles. The molecule has 2 aliphatic carbocycles. The van der Waals surface area contributed by atoms with Crippen LogP contribution >= 0.6 is 23.2 Å². The lowest BCUT2D eigenvalue weighted by Crippen LogP contribution is -2.38. The quantitative estimate of drug-likeness (QED) is 0.149. The molecule has 50 heavy (non-hydrogen) atoms. The number of rotatable bonds is 10. The summed E-state index contributed by atoms with van der Waals surface area (Å²) in [5.41, 5.74) is 10.5. The number of carbonyl (C=O) groups is 5. The molecule has 4 N–H and O–H groups in total. The van der Waals surface area contributed by atoms with Gasteiger partial charge in [0.2, 0.25) is 11.6 Å². The van der Waals surface area contributed by atoms with E-state index < -0.39 is 47.0 Å². The molecule has 12 heteroatoms. The van der Waals surface area contributed by atoms with Crippen molar-refractivity contribution in [3.63, 3.8) is 0 Å². The van der Waals surface area contributed by atoms with Gasteiger partial charge in [-0.2, -0.15) is 0 Å². The molecule has 0 heterocycles. The standard InChI is InChI=1S/C19H18ClFN2O2.C19H15ClFNO3/c20-15-6-5-11(7-16(15)21)8-17(24)19(25)23-18-13(10-22)9-12-3-1-2-4-14(12)18;20-15-6-5-11(7-16(15)21)8-17(24)19(25)22-18-13(10-23)9-12-3-1-2-4-14(12)18/h1-7,13,18H,8-10,22H2,(H,23,25);1-7,10,13,18H,8-9H2,(H,22,25)/t13-,18-;13-,18+/m10/s1. The highest BCUT2D eigenvalue weighted by Gasteiger charge is 2.35. The summed E-state index contributed by atoms with van der Waals surface area (Å²) in [4.78, 5) is 60.2. The number of aldehydes is 1. The SMILES string of the molecule is NC[C@H]1Cc2ccccc2[C@@H]1NC(=O)C(=O)Cc1ccc(Cl)c(F)c1.O=C[C@@H]1Cc2ccccc2[C@@H]1NC(=O)C(=O)Cc1ccc(Cl)c(F)c1. The maximum absolute atomic E-state index is 13.5. The Morgan fingerprint density at radius 3 is 1.64 bits per heavy atom. The number of Topliss-reactive ketones (excluding diaryl/α,β-unsaturated/α-hetero) is 2. The second-order valence-electron chi connectivity index (χ2n) is 12.2. The molecular weight excluding hydrogens is 687 g/mol. The molecule has 0 aromatic heterocycles. The fraction of sp³-hybridized carbons (Fsp3) is 0.237. The van der Waals surface area contributed by atoms with Gasteiger partial charge in [0.1, 0.15) is 17.9 Å². The van der Waals surface area contributed by atoms with Gasteiger partial charge in [-0.3, -0.25) is 19.2 Å². The van der Waals surface area contributed by atoms with Gasteiger partial charge >= 0.3 is 0 Å². The third-order valence-corrected chi connectivity index (χ3v) is 9.49. The van der Waals surface area contributed by atoms with Gasteiger partial charge < -0.3 is 21.2 Å². The zero-order valence-corrected chi connectivity index (χ0v) is 28.1. The fourth-order valence-corrected chi connectivity index (χ4v) is 6.54. The van der Waals surface area contributed by atoms with Crippen LogP contribution in [0.4, 0.5) is 8.78 Å². The van der Waals surface area contributed by atoms with Crippen molar-refractivity contribution < 1.29 is 32.8 Å². The Morgan fingerprint density at radius 1 is 0.700 bits per heavy atom. The van der Waals surface area contributed by atoms with Gasteiger partial charge in [0.05, 0.1) is 22.1 Å². The van der Waals surface area contributed by atoms with E-state index in [9.17, 15) is 32.8 Å². The molecule has 4 atom stereocenters. The van der Waals surface area contributed by atoms with E-state index >= 15 is 0 Å². The van der Waals surface area contributed by atoms with E-state index in [-0.39, 0.29) is 34.8 Å². The second-order valence-corrected chi connectivity index (χ2v) is 13.0. The van der Waals surface area contributed by atoms with Crippen LogP contribution in [0, 0.1) is 23.5 Å². The summed E-state index contributed by atoms with van der Waals surface area (Å²) in [7, 11) is 0. The van der Waals surface area contributed by atoms with Crippen molar-refractivity contribution in [3.05, 3.63) is 140 Å². The Kier molecular flexibility index (Phi) is 11.9. The van der Waals surface area contributed by atoms with Gasteiger partial charge in [-0.25, -0.2) is 8.78 Å². The molecule has 2 amide bonds. The number of amides is 2. The number of nitrogens with one attached hydrogen (secondary N) is 2. The molecule has 0 saturated carbocycles. The number of halogens is 4. The van der Waals surface area contributed by atoms with Crippen molar-refractivity contribution in [1.29, 1.82) is 0 Å².